The van der Waals surface area contributed by atoms with E-state index in [-0.39, 0.29) is 18.0 Å². The van der Waals surface area contributed by atoms with Gasteiger partial charge >= 0.3 is 6.03 Å². The molecule has 1 aromatic carbocycles. The lowest BCUT2D eigenvalue weighted by molar-refractivity contribution is -0.124. The van der Waals surface area contributed by atoms with Gasteiger partial charge in [0.05, 0.1) is 10.7 Å². The highest BCUT2D eigenvalue weighted by Crippen LogP contribution is 2.31. The lowest BCUT2D eigenvalue weighted by atomic mass is 9.94. The molecule has 1 saturated heterocycles. The summed E-state index contributed by atoms with van der Waals surface area (Å²) in [5.41, 5.74) is 1.12. The van der Waals surface area contributed by atoms with Crippen LogP contribution in [0.25, 0.3) is 6.08 Å². The molecule has 0 atom stereocenters. The normalized spacial score (nSPS) is 20.6. The van der Waals surface area contributed by atoms with E-state index in [4.69, 9.17) is 4.74 Å². The van der Waals surface area contributed by atoms with Crippen LogP contribution in [-0.2, 0) is 4.79 Å². The van der Waals surface area contributed by atoms with Crippen molar-refractivity contribution in [3.63, 3.8) is 0 Å². The molecule has 5 nitrogen and oxygen atoms in total. The van der Waals surface area contributed by atoms with Gasteiger partial charge in [-0.1, -0.05) is 19.3 Å². The monoisotopic (exact) mass is 552 g/mol. The van der Waals surface area contributed by atoms with Crippen molar-refractivity contribution in [1.82, 2.24) is 10.2 Å². The average molecular weight is 552 g/mol. The number of benzene rings is 1. The standard InChI is InChI=1S/C17H18I2N2O3/c1-24-15-10(7-11(18)9-13(15)19)8-14-16(22)21(17(23)20-14)12-5-3-2-4-6-12/h7-9,12H,2-6H2,1H3,(H,20,23)/b14-8-. The summed E-state index contributed by atoms with van der Waals surface area (Å²) in [4.78, 5) is 26.4. The minimum atomic E-state index is -0.308. The predicted molar refractivity (Wildman–Crippen MR) is 109 cm³/mol. The molecule has 1 aliphatic carbocycles. The van der Waals surface area contributed by atoms with E-state index in [1.165, 1.54) is 11.3 Å². The Bertz CT molecular complexity index is 712. The topological polar surface area (TPSA) is 58.6 Å². The SMILES string of the molecule is COc1c(I)cc(I)cc1/C=C1\NC(=O)N(C2CCCCC2)C1=O. The zero-order valence-electron chi connectivity index (χ0n) is 13.3. The number of carbonyl (C=O) groups excluding carboxylic acids is 2. The fourth-order valence-electron chi connectivity index (χ4n) is 3.28. The molecule has 1 aliphatic heterocycles. The highest BCUT2D eigenvalue weighted by atomic mass is 127. The Labute approximate surface area is 168 Å². The number of ether oxygens (including phenoxy) is 1. The van der Waals surface area contributed by atoms with E-state index in [0.717, 1.165) is 38.4 Å². The van der Waals surface area contributed by atoms with Crippen LogP contribution in [0.15, 0.2) is 17.8 Å². The Morgan fingerprint density at radius 1 is 1.21 bits per heavy atom. The summed E-state index contributed by atoms with van der Waals surface area (Å²) >= 11 is 4.43. The summed E-state index contributed by atoms with van der Waals surface area (Å²) in [5, 5.41) is 2.73. The minimum Gasteiger partial charge on any atom is -0.495 e. The van der Waals surface area contributed by atoms with Crippen molar-refractivity contribution in [3.8, 4) is 5.75 Å². The Morgan fingerprint density at radius 2 is 1.92 bits per heavy atom. The van der Waals surface area contributed by atoms with Gasteiger partial charge in [0.15, 0.2) is 0 Å². The van der Waals surface area contributed by atoms with E-state index >= 15 is 0 Å². The molecular weight excluding hydrogens is 534 g/mol. The lowest BCUT2D eigenvalue weighted by Gasteiger charge is -2.28. The van der Waals surface area contributed by atoms with Crippen LogP contribution in [0.1, 0.15) is 37.7 Å². The number of nitrogens with one attached hydrogen (secondary N) is 1. The summed E-state index contributed by atoms with van der Waals surface area (Å²) in [6, 6.07) is 3.66. The van der Waals surface area contributed by atoms with E-state index in [2.05, 4.69) is 50.5 Å². The third kappa shape index (κ3) is 3.56. The molecule has 0 radical (unpaired) electrons. The van der Waals surface area contributed by atoms with Crippen molar-refractivity contribution in [3.05, 3.63) is 30.5 Å². The van der Waals surface area contributed by atoms with Crippen LogP contribution in [0.4, 0.5) is 4.79 Å². The van der Waals surface area contributed by atoms with Gasteiger partial charge in [-0.3, -0.25) is 9.69 Å². The first kappa shape index (κ1) is 18.0. The molecular formula is C17H18I2N2O3. The second kappa shape index (κ2) is 7.59. The van der Waals surface area contributed by atoms with Crippen LogP contribution in [0, 0.1) is 7.14 Å². The maximum Gasteiger partial charge on any atom is 0.329 e. The summed E-state index contributed by atoms with van der Waals surface area (Å²) in [6.45, 7) is 0. The Hall–Kier alpha value is -0.840. The summed E-state index contributed by atoms with van der Waals surface area (Å²) in [5.74, 6) is 0.476. The van der Waals surface area contributed by atoms with Gasteiger partial charge in [0, 0.05) is 15.2 Å². The molecule has 1 heterocycles. The molecule has 0 aromatic heterocycles. The number of rotatable bonds is 3. The van der Waals surface area contributed by atoms with Gasteiger partial charge in [-0.25, -0.2) is 4.79 Å². The molecule has 128 valence electrons. The molecule has 1 saturated carbocycles. The van der Waals surface area contributed by atoms with Crippen LogP contribution < -0.4 is 10.1 Å². The second-order valence-corrected chi connectivity index (χ2v) is 8.37. The molecule has 3 amide bonds. The zero-order chi connectivity index (χ0) is 17.3. The predicted octanol–water partition coefficient (Wildman–Crippen LogP) is 4.13. The number of amides is 3. The van der Waals surface area contributed by atoms with Gasteiger partial charge in [0.2, 0.25) is 0 Å². The molecule has 0 bridgehead atoms. The molecule has 24 heavy (non-hydrogen) atoms. The first-order valence-corrected chi connectivity index (χ1v) is 10.1. The van der Waals surface area contributed by atoms with Crippen LogP contribution >= 0.6 is 45.2 Å². The van der Waals surface area contributed by atoms with E-state index < -0.39 is 0 Å². The number of imide groups is 1. The molecule has 3 rings (SSSR count). The van der Waals surface area contributed by atoms with Crippen molar-refractivity contribution in [1.29, 1.82) is 0 Å². The van der Waals surface area contributed by atoms with Gasteiger partial charge in [0.25, 0.3) is 5.91 Å². The first-order valence-electron chi connectivity index (χ1n) is 7.90. The molecule has 0 spiro atoms. The number of methoxy groups -OCH3 is 1. The smallest absolute Gasteiger partial charge is 0.329 e. The number of urea groups is 1. The highest BCUT2D eigenvalue weighted by molar-refractivity contribution is 14.1. The van der Waals surface area contributed by atoms with Gasteiger partial charge in [0.1, 0.15) is 11.4 Å². The van der Waals surface area contributed by atoms with Crippen LogP contribution in [0.2, 0.25) is 0 Å². The van der Waals surface area contributed by atoms with Crippen LogP contribution in [0.5, 0.6) is 5.75 Å². The van der Waals surface area contributed by atoms with E-state index in [9.17, 15) is 9.59 Å². The molecule has 7 heteroatoms. The highest BCUT2D eigenvalue weighted by Gasteiger charge is 2.39. The zero-order valence-corrected chi connectivity index (χ0v) is 17.6. The van der Waals surface area contributed by atoms with E-state index in [1.54, 1.807) is 13.2 Å². The van der Waals surface area contributed by atoms with Crippen molar-refractivity contribution >= 4 is 63.2 Å². The van der Waals surface area contributed by atoms with Crippen molar-refractivity contribution in [2.75, 3.05) is 7.11 Å². The van der Waals surface area contributed by atoms with Gasteiger partial charge in [-0.05, 0) is 76.2 Å². The number of hydrogen-bond acceptors (Lipinski definition) is 3. The van der Waals surface area contributed by atoms with Crippen molar-refractivity contribution < 1.29 is 14.3 Å². The maximum atomic E-state index is 12.7. The molecule has 0 unspecified atom stereocenters. The van der Waals surface area contributed by atoms with Gasteiger partial charge < -0.3 is 10.1 Å². The van der Waals surface area contributed by atoms with Crippen LogP contribution in [-0.4, -0.2) is 30.0 Å². The molecule has 2 fully saturated rings. The first-order chi connectivity index (χ1) is 11.5. The fraction of sp³-hybridized carbons (Fsp3) is 0.412. The summed E-state index contributed by atoms with van der Waals surface area (Å²) in [7, 11) is 1.61. The van der Waals surface area contributed by atoms with Gasteiger partial charge in [-0.15, -0.1) is 0 Å². The lowest BCUT2D eigenvalue weighted by Crippen LogP contribution is -2.41. The van der Waals surface area contributed by atoms with E-state index in [1.807, 2.05) is 12.1 Å². The largest absolute Gasteiger partial charge is 0.495 e. The van der Waals surface area contributed by atoms with Crippen molar-refractivity contribution in [2.45, 2.75) is 38.1 Å². The Balaban J connectivity index is 1.92. The van der Waals surface area contributed by atoms with E-state index in [0.29, 0.717) is 11.4 Å². The second-order valence-electron chi connectivity index (χ2n) is 5.97. The molecule has 1 N–H and O–H groups in total. The molecule has 2 aliphatic rings. The Morgan fingerprint density at radius 3 is 2.58 bits per heavy atom. The number of halogens is 2. The van der Waals surface area contributed by atoms with Gasteiger partial charge in [-0.2, -0.15) is 0 Å². The third-order valence-corrected chi connectivity index (χ3v) is 5.81. The Kier molecular flexibility index (Phi) is 5.68. The number of hydrogen-bond donors (Lipinski definition) is 1. The quantitative estimate of drug-likeness (QED) is 0.349. The number of carbonyl (C=O) groups is 2. The maximum absolute atomic E-state index is 12.7. The fourth-order valence-corrected chi connectivity index (χ4v) is 5.39. The summed E-state index contributed by atoms with van der Waals surface area (Å²) < 4.78 is 7.47. The minimum absolute atomic E-state index is 0.0232. The number of nitrogens with zero attached hydrogens (tertiary/aromatic N) is 1. The van der Waals surface area contributed by atoms with Crippen molar-refractivity contribution in [2.24, 2.45) is 0 Å². The average Bonchev–Trinajstić information content (AvgIpc) is 2.82. The summed E-state index contributed by atoms with van der Waals surface area (Å²) in [6.07, 6.45) is 6.84. The third-order valence-electron chi connectivity index (χ3n) is 4.39. The van der Waals surface area contributed by atoms with Crippen LogP contribution in [0.3, 0.4) is 0 Å². The molecule has 1 aromatic rings.